The summed E-state index contributed by atoms with van der Waals surface area (Å²) in [6.45, 7) is 1.57. The smallest absolute Gasteiger partial charge is 0.143 e. The monoisotopic (exact) mass is 256 g/mol. The molecule has 0 saturated carbocycles. The predicted octanol–water partition coefficient (Wildman–Crippen LogP) is 1.04. The Balaban J connectivity index is 1.77. The highest BCUT2D eigenvalue weighted by Crippen LogP contribution is 2.25. The number of fused-ring (bicyclic) bond motifs is 1. The molecule has 4 rings (SSSR count). The first-order valence-corrected chi connectivity index (χ1v) is 6.21. The third-order valence-corrected chi connectivity index (χ3v) is 3.41. The molecule has 19 heavy (non-hydrogen) atoms. The van der Waals surface area contributed by atoms with E-state index in [1.54, 1.807) is 11.0 Å². The minimum atomic E-state index is 0.379. The van der Waals surface area contributed by atoms with Crippen LogP contribution in [0.25, 0.3) is 16.7 Å². The first kappa shape index (κ1) is 10.6. The molecule has 0 radical (unpaired) electrons. The van der Waals surface area contributed by atoms with Gasteiger partial charge in [0.15, 0.2) is 0 Å². The highest BCUT2D eigenvalue weighted by atomic mass is 16.5. The number of nitrogens with zero attached hydrogens (tertiary/aromatic N) is 5. The Morgan fingerprint density at radius 3 is 3.16 bits per heavy atom. The number of aromatic nitrogens is 6. The van der Waals surface area contributed by atoms with E-state index in [9.17, 15) is 0 Å². The third-order valence-electron chi connectivity index (χ3n) is 3.41. The number of imidazole rings is 1. The van der Waals surface area contributed by atoms with Crippen molar-refractivity contribution in [1.29, 1.82) is 0 Å². The van der Waals surface area contributed by atoms with Crippen LogP contribution in [0.1, 0.15) is 18.2 Å². The fourth-order valence-corrected chi connectivity index (χ4v) is 2.38. The number of H-pyrrole nitrogens is 1. The van der Waals surface area contributed by atoms with E-state index in [1.165, 1.54) is 0 Å². The predicted molar refractivity (Wildman–Crippen MR) is 67.0 cm³/mol. The highest BCUT2D eigenvalue weighted by Gasteiger charge is 2.21. The number of hydrogen-bond acceptors (Lipinski definition) is 5. The molecule has 1 aliphatic heterocycles. The quantitative estimate of drug-likeness (QED) is 0.741. The lowest BCUT2D eigenvalue weighted by Crippen LogP contribution is -1.99. The Morgan fingerprint density at radius 2 is 2.37 bits per heavy atom. The average molecular weight is 256 g/mol. The van der Waals surface area contributed by atoms with Crippen LogP contribution >= 0.6 is 0 Å². The minimum Gasteiger partial charge on any atom is -0.381 e. The Hall–Kier alpha value is -2.28. The number of tetrazole rings is 1. The molecule has 7 nitrogen and oxygen atoms in total. The van der Waals surface area contributed by atoms with Crippen molar-refractivity contribution >= 4 is 11.0 Å². The van der Waals surface area contributed by atoms with E-state index in [-0.39, 0.29) is 0 Å². The van der Waals surface area contributed by atoms with Crippen LogP contribution in [0.2, 0.25) is 0 Å². The summed E-state index contributed by atoms with van der Waals surface area (Å²) in [6, 6.07) is 5.93. The van der Waals surface area contributed by atoms with Crippen LogP contribution in [0.3, 0.4) is 0 Å². The largest absolute Gasteiger partial charge is 0.381 e. The van der Waals surface area contributed by atoms with Gasteiger partial charge in [-0.3, -0.25) is 0 Å². The molecule has 1 atom stereocenters. The van der Waals surface area contributed by atoms with E-state index < -0.39 is 0 Å². The zero-order valence-corrected chi connectivity index (χ0v) is 10.2. The van der Waals surface area contributed by atoms with Crippen molar-refractivity contribution in [2.24, 2.45) is 0 Å². The molecule has 96 valence electrons. The van der Waals surface area contributed by atoms with Crippen LogP contribution in [0, 0.1) is 0 Å². The second kappa shape index (κ2) is 4.13. The third kappa shape index (κ3) is 1.78. The van der Waals surface area contributed by atoms with Gasteiger partial charge in [-0.2, -0.15) is 0 Å². The summed E-state index contributed by atoms with van der Waals surface area (Å²) in [7, 11) is 0. The molecule has 3 heterocycles. The molecule has 0 aliphatic carbocycles. The molecule has 1 aromatic carbocycles. The summed E-state index contributed by atoms with van der Waals surface area (Å²) in [4.78, 5) is 7.99. The molecule has 0 unspecified atom stereocenters. The SMILES string of the molecule is c1cc2nc([C@@H]3CCOC3)[nH]c2cc1-n1cnnn1. The number of ether oxygens (including phenoxy) is 1. The summed E-state index contributed by atoms with van der Waals surface area (Å²) >= 11 is 0. The first-order chi connectivity index (χ1) is 9.40. The van der Waals surface area contributed by atoms with Crippen LogP contribution < -0.4 is 0 Å². The van der Waals surface area contributed by atoms with E-state index in [1.807, 2.05) is 18.2 Å². The normalized spacial score (nSPS) is 19.3. The van der Waals surface area contributed by atoms with Crippen molar-refractivity contribution in [3.8, 4) is 5.69 Å². The zero-order valence-electron chi connectivity index (χ0n) is 10.2. The second-order valence-corrected chi connectivity index (χ2v) is 4.64. The maximum absolute atomic E-state index is 5.40. The van der Waals surface area contributed by atoms with Crippen LogP contribution in [0.15, 0.2) is 24.5 Å². The van der Waals surface area contributed by atoms with Gasteiger partial charge >= 0.3 is 0 Å². The minimum absolute atomic E-state index is 0.379. The van der Waals surface area contributed by atoms with Gasteiger partial charge in [0.05, 0.1) is 23.3 Å². The van der Waals surface area contributed by atoms with Crippen LogP contribution in [-0.4, -0.2) is 43.4 Å². The van der Waals surface area contributed by atoms with Gasteiger partial charge in [0, 0.05) is 12.5 Å². The average Bonchev–Trinajstić information content (AvgIpc) is 3.18. The molecule has 3 aromatic rings. The summed E-state index contributed by atoms with van der Waals surface area (Å²) in [5, 5.41) is 11.2. The summed E-state index contributed by atoms with van der Waals surface area (Å²) in [5.41, 5.74) is 2.86. The van der Waals surface area contributed by atoms with E-state index in [0.717, 1.165) is 42.2 Å². The fraction of sp³-hybridized carbons (Fsp3) is 0.333. The molecule has 2 aromatic heterocycles. The fourth-order valence-electron chi connectivity index (χ4n) is 2.38. The van der Waals surface area contributed by atoms with Gasteiger partial charge in [0.25, 0.3) is 0 Å². The Morgan fingerprint density at radius 1 is 1.37 bits per heavy atom. The Labute approximate surface area is 108 Å². The maximum Gasteiger partial charge on any atom is 0.143 e. The van der Waals surface area contributed by atoms with E-state index in [0.29, 0.717) is 5.92 Å². The zero-order chi connectivity index (χ0) is 12.7. The molecule has 0 bridgehead atoms. The van der Waals surface area contributed by atoms with Crippen molar-refractivity contribution < 1.29 is 4.74 Å². The van der Waals surface area contributed by atoms with Gasteiger partial charge in [-0.05, 0) is 35.0 Å². The van der Waals surface area contributed by atoms with Gasteiger partial charge in [-0.15, -0.1) is 5.10 Å². The Bertz CT molecular complexity index is 698. The van der Waals surface area contributed by atoms with Gasteiger partial charge in [0.1, 0.15) is 12.2 Å². The molecule has 0 spiro atoms. The number of nitrogens with one attached hydrogen (secondary N) is 1. The molecular weight excluding hydrogens is 244 g/mol. The molecule has 1 saturated heterocycles. The summed E-state index contributed by atoms with van der Waals surface area (Å²) in [5.74, 6) is 1.38. The van der Waals surface area contributed by atoms with Gasteiger partial charge in [-0.25, -0.2) is 9.67 Å². The second-order valence-electron chi connectivity index (χ2n) is 4.64. The van der Waals surface area contributed by atoms with Crippen molar-refractivity contribution in [1.82, 2.24) is 30.2 Å². The highest BCUT2D eigenvalue weighted by molar-refractivity contribution is 5.77. The number of rotatable bonds is 2. The maximum atomic E-state index is 5.40. The lowest BCUT2D eigenvalue weighted by atomic mass is 10.1. The molecule has 1 fully saturated rings. The lowest BCUT2D eigenvalue weighted by molar-refractivity contribution is 0.193. The topological polar surface area (TPSA) is 81.5 Å². The first-order valence-electron chi connectivity index (χ1n) is 6.21. The van der Waals surface area contributed by atoms with Gasteiger partial charge in [-0.1, -0.05) is 0 Å². The van der Waals surface area contributed by atoms with Gasteiger partial charge in [0.2, 0.25) is 0 Å². The van der Waals surface area contributed by atoms with Crippen molar-refractivity contribution in [3.63, 3.8) is 0 Å². The molecular formula is C12H12N6O. The summed E-state index contributed by atoms with van der Waals surface area (Å²) in [6.07, 6.45) is 2.60. The molecule has 1 N–H and O–H groups in total. The van der Waals surface area contributed by atoms with Gasteiger partial charge < -0.3 is 9.72 Å². The number of benzene rings is 1. The number of hydrogen-bond donors (Lipinski definition) is 1. The molecule has 1 aliphatic rings. The summed E-state index contributed by atoms with van der Waals surface area (Å²) < 4.78 is 7.02. The lowest BCUT2D eigenvalue weighted by Gasteiger charge is -2.00. The number of aromatic amines is 1. The van der Waals surface area contributed by atoms with Crippen molar-refractivity contribution in [2.75, 3.05) is 13.2 Å². The standard InChI is InChI=1S/C12H12N6O/c1-2-10-11(5-9(1)18-7-13-16-17-18)15-12(14-10)8-3-4-19-6-8/h1-2,5,7-8H,3-4,6H2,(H,14,15)/t8-/m1/s1. The molecule has 0 amide bonds. The van der Waals surface area contributed by atoms with Crippen LogP contribution in [0.5, 0.6) is 0 Å². The van der Waals surface area contributed by atoms with E-state index in [4.69, 9.17) is 4.74 Å². The van der Waals surface area contributed by atoms with Crippen molar-refractivity contribution in [2.45, 2.75) is 12.3 Å². The Kier molecular flexibility index (Phi) is 2.31. The van der Waals surface area contributed by atoms with Crippen LogP contribution in [-0.2, 0) is 4.74 Å². The van der Waals surface area contributed by atoms with E-state index >= 15 is 0 Å². The molecule has 7 heteroatoms. The van der Waals surface area contributed by atoms with E-state index in [2.05, 4.69) is 25.5 Å². The van der Waals surface area contributed by atoms with Crippen LogP contribution in [0.4, 0.5) is 0 Å². The van der Waals surface area contributed by atoms with Crippen molar-refractivity contribution in [3.05, 3.63) is 30.4 Å².